The molecule has 0 bridgehead atoms. The van der Waals surface area contributed by atoms with E-state index in [1.807, 2.05) is 19.1 Å². The van der Waals surface area contributed by atoms with Gasteiger partial charge in [0.05, 0.1) is 16.4 Å². The Bertz CT molecular complexity index is 590. The van der Waals surface area contributed by atoms with Crippen LogP contribution in [-0.4, -0.2) is 9.55 Å². The third-order valence-electron chi connectivity index (χ3n) is 4.08. The minimum atomic E-state index is -0.0974. The lowest BCUT2D eigenvalue weighted by Gasteiger charge is -2.18. The molecule has 0 radical (unpaired) electrons. The molecule has 0 amide bonds. The summed E-state index contributed by atoms with van der Waals surface area (Å²) >= 11 is 12.4. The second-order valence-electron chi connectivity index (χ2n) is 5.75. The van der Waals surface area contributed by atoms with Crippen molar-refractivity contribution in [1.82, 2.24) is 9.55 Å². The molecule has 1 aromatic carbocycles. The smallest absolute Gasteiger partial charge is 0.127 e. The number of fused-ring (bicyclic) bond motifs is 1. The summed E-state index contributed by atoms with van der Waals surface area (Å²) in [4.78, 5) is 4.69. The normalized spacial score (nSPS) is 14.5. The molecule has 116 valence electrons. The Morgan fingerprint density at radius 3 is 2.67 bits per heavy atom. The highest BCUT2D eigenvalue weighted by molar-refractivity contribution is 6.31. The molecular weight excluding hydrogens is 303 g/mol. The van der Waals surface area contributed by atoms with Crippen LogP contribution in [-0.2, 0) is 6.54 Å². The van der Waals surface area contributed by atoms with Gasteiger partial charge in [-0.2, -0.15) is 0 Å². The van der Waals surface area contributed by atoms with Gasteiger partial charge in [0, 0.05) is 11.6 Å². The third-order valence-corrected chi connectivity index (χ3v) is 4.51. The monoisotopic (exact) mass is 326 g/mol. The predicted molar refractivity (Wildman–Crippen MR) is 92.3 cm³/mol. The third kappa shape index (κ3) is 3.92. The minimum absolute atomic E-state index is 0.0974. The van der Waals surface area contributed by atoms with E-state index in [-0.39, 0.29) is 5.38 Å². The molecule has 2 rings (SSSR count). The first-order chi connectivity index (χ1) is 10.1. The van der Waals surface area contributed by atoms with Crippen molar-refractivity contribution in [3.63, 3.8) is 0 Å². The van der Waals surface area contributed by atoms with Gasteiger partial charge in [-0.3, -0.25) is 0 Å². The van der Waals surface area contributed by atoms with Crippen LogP contribution in [0.2, 0.25) is 5.02 Å². The average molecular weight is 327 g/mol. The number of unbranched alkanes of at least 4 members (excludes halogenated alkanes) is 1. The second kappa shape index (κ2) is 7.51. The maximum absolute atomic E-state index is 6.33. The summed E-state index contributed by atoms with van der Waals surface area (Å²) in [6, 6.07) is 5.90. The van der Waals surface area contributed by atoms with Gasteiger partial charge in [0.1, 0.15) is 5.82 Å². The van der Waals surface area contributed by atoms with Crippen LogP contribution in [0.4, 0.5) is 0 Å². The molecule has 0 aliphatic heterocycles. The van der Waals surface area contributed by atoms with Crippen LogP contribution in [0, 0.1) is 5.92 Å². The van der Waals surface area contributed by atoms with Crippen molar-refractivity contribution in [1.29, 1.82) is 0 Å². The number of rotatable bonds is 7. The van der Waals surface area contributed by atoms with Crippen molar-refractivity contribution in [2.45, 2.75) is 58.4 Å². The van der Waals surface area contributed by atoms with Gasteiger partial charge in [-0.1, -0.05) is 44.7 Å². The van der Waals surface area contributed by atoms with E-state index in [9.17, 15) is 0 Å². The van der Waals surface area contributed by atoms with Crippen LogP contribution >= 0.6 is 23.2 Å². The molecule has 21 heavy (non-hydrogen) atoms. The molecule has 1 heterocycles. The summed E-state index contributed by atoms with van der Waals surface area (Å²) in [6.07, 6.45) is 4.97. The van der Waals surface area contributed by atoms with E-state index in [4.69, 9.17) is 23.2 Å². The van der Waals surface area contributed by atoms with Gasteiger partial charge in [0.15, 0.2) is 0 Å². The lowest BCUT2D eigenvalue weighted by atomic mass is 9.99. The fourth-order valence-corrected chi connectivity index (χ4v) is 3.13. The van der Waals surface area contributed by atoms with Gasteiger partial charge >= 0.3 is 0 Å². The van der Waals surface area contributed by atoms with Crippen LogP contribution in [0.15, 0.2) is 18.2 Å². The number of hydrogen-bond donors (Lipinski definition) is 0. The summed E-state index contributed by atoms with van der Waals surface area (Å²) in [6.45, 7) is 7.47. The van der Waals surface area contributed by atoms with Gasteiger partial charge in [0.25, 0.3) is 0 Å². The molecule has 0 aliphatic rings. The molecule has 0 fully saturated rings. The fraction of sp³-hybridized carbons (Fsp3) is 0.588. The first-order valence-corrected chi connectivity index (χ1v) is 8.68. The molecule has 2 nitrogen and oxygen atoms in total. The number of benzene rings is 1. The van der Waals surface area contributed by atoms with Crippen LogP contribution < -0.4 is 0 Å². The van der Waals surface area contributed by atoms with E-state index in [0.717, 1.165) is 28.4 Å². The number of imidazole rings is 1. The zero-order valence-corrected chi connectivity index (χ0v) is 14.6. The van der Waals surface area contributed by atoms with Crippen LogP contribution in [0.1, 0.15) is 57.7 Å². The molecule has 1 aromatic heterocycles. The van der Waals surface area contributed by atoms with Gasteiger partial charge in [0.2, 0.25) is 0 Å². The maximum Gasteiger partial charge on any atom is 0.127 e. The summed E-state index contributed by atoms with van der Waals surface area (Å²) in [7, 11) is 0. The lowest BCUT2D eigenvalue weighted by molar-refractivity contribution is 0.389. The predicted octanol–water partition coefficient (Wildman–Crippen LogP) is 6.21. The number of nitrogens with zero attached hydrogens (tertiary/aromatic N) is 2. The van der Waals surface area contributed by atoms with Gasteiger partial charge in [-0.15, -0.1) is 11.6 Å². The van der Waals surface area contributed by atoms with Crippen LogP contribution in [0.5, 0.6) is 0 Å². The first-order valence-electron chi connectivity index (χ1n) is 7.86. The van der Waals surface area contributed by atoms with Crippen molar-refractivity contribution in [2.75, 3.05) is 0 Å². The molecule has 0 spiro atoms. The quantitative estimate of drug-likeness (QED) is 0.553. The SMILES string of the molecule is CCCCC(CC)Cn1c(C(C)Cl)nc2cc(Cl)ccc21. The highest BCUT2D eigenvalue weighted by atomic mass is 35.5. The fourth-order valence-electron chi connectivity index (χ4n) is 2.79. The zero-order valence-electron chi connectivity index (χ0n) is 13.1. The molecule has 4 heteroatoms. The Hall–Kier alpha value is -0.730. The molecule has 0 saturated carbocycles. The van der Waals surface area contributed by atoms with E-state index >= 15 is 0 Å². The van der Waals surface area contributed by atoms with E-state index in [2.05, 4.69) is 29.5 Å². The standard InChI is InChI=1S/C17H24Cl2N2/c1-4-6-7-13(5-2)11-21-16-9-8-14(19)10-15(16)20-17(21)12(3)18/h8-10,12-13H,4-7,11H2,1-3H3. The highest BCUT2D eigenvalue weighted by Crippen LogP contribution is 2.28. The average Bonchev–Trinajstić information content (AvgIpc) is 2.81. The summed E-state index contributed by atoms with van der Waals surface area (Å²) < 4.78 is 2.28. The van der Waals surface area contributed by atoms with Crippen molar-refractivity contribution in [2.24, 2.45) is 5.92 Å². The van der Waals surface area contributed by atoms with Gasteiger partial charge < -0.3 is 4.57 Å². The lowest BCUT2D eigenvalue weighted by Crippen LogP contribution is -2.13. The molecule has 0 saturated heterocycles. The zero-order chi connectivity index (χ0) is 15.4. The summed E-state index contributed by atoms with van der Waals surface area (Å²) in [5.74, 6) is 1.62. The van der Waals surface area contributed by atoms with E-state index < -0.39 is 0 Å². The molecule has 0 aliphatic carbocycles. The number of alkyl halides is 1. The first kappa shape index (κ1) is 16.6. The van der Waals surface area contributed by atoms with E-state index in [1.54, 1.807) is 0 Å². The summed E-state index contributed by atoms with van der Waals surface area (Å²) in [5.41, 5.74) is 2.08. The highest BCUT2D eigenvalue weighted by Gasteiger charge is 2.17. The largest absolute Gasteiger partial charge is 0.326 e. The van der Waals surface area contributed by atoms with Gasteiger partial charge in [-0.05, 0) is 37.5 Å². The van der Waals surface area contributed by atoms with Crippen LogP contribution in [0.25, 0.3) is 11.0 Å². The minimum Gasteiger partial charge on any atom is -0.326 e. The Labute approximate surface area is 137 Å². The number of halogens is 2. The molecule has 2 aromatic rings. The topological polar surface area (TPSA) is 17.8 Å². The molecule has 2 atom stereocenters. The van der Waals surface area contributed by atoms with Crippen molar-refractivity contribution in [3.8, 4) is 0 Å². The molecule has 0 N–H and O–H groups in total. The molecular formula is C17H24Cl2N2. The Morgan fingerprint density at radius 1 is 1.29 bits per heavy atom. The Kier molecular flexibility index (Phi) is 5.95. The van der Waals surface area contributed by atoms with Crippen molar-refractivity contribution < 1.29 is 0 Å². The van der Waals surface area contributed by atoms with Gasteiger partial charge in [-0.25, -0.2) is 4.98 Å². The van der Waals surface area contributed by atoms with E-state index in [1.165, 1.54) is 25.7 Å². The number of hydrogen-bond acceptors (Lipinski definition) is 1. The van der Waals surface area contributed by atoms with Crippen LogP contribution in [0.3, 0.4) is 0 Å². The van der Waals surface area contributed by atoms with Crippen molar-refractivity contribution >= 4 is 34.2 Å². The van der Waals surface area contributed by atoms with Crippen molar-refractivity contribution in [3.05, 3.63) is 29.0 Å². The maximum atomic E-state index is 6.33. The Balaban J connectivity index is 2.37. The Morgan fingerprint density at radius 2 is 2.05 bits per heavy atom. The van der Waals surface area contributed by atoms with E-state index in [0.29, 0.717) is 5.92 Å². The second-order valence-corrected chi connectivity index (χ2v) is 6.84. The molecule has 2 unspecified atom stereocenters. The summed E-state index contributed by atoms with van der Waals surface area (Å²) in [5, 5.41) is 0.624. The number of aromatic nitrogens is 2.